The normalized spacial score (nSPS) is 12.4. The highest BCUT2D eigenvalue weighted by molar-refractivity contribution is 7.13. The molecule has 0 aliphatic carbocycles. The minimum Gasteiger partial charge on any atom is -0.494 e. The lowest BCUT2D eigenvalue weighted by Gasteiger charge is -2.06. The van der Waals surface area contributed by atoms with Gasteiger partial charge in [0.05, 0.1) is 12.3 Å². The lowest BCUT2D eigenvalue weighted by molar-refractivity contribution is 0.340. The predicted octanol–water partition coefficient (Wildman–Crippen LogP) is 3.49. The van der Waals surface area contributed by atoms with Gasteiger partial charge in [-0.1, -0.05) is 12.1 Å². The second kappa shape index (κ2) is 5.98. The minimum atomic E-state index is 0.282. The molecule has 2 aromatic rings. The van der Waals surface area contributed by atoms with Crippen LogP contribution in [0.5, 0.6) is 5.75 Å². The number of nitrogens with one attached hydrogen (secondary N) is 1. The molecule has 0 radical (unpaired) electrons. The van der Waals surface area contributed by atoms with E-state index >= 15 is 0 Å². The molecule has 1 heterocycles. The molecule has 1 aromatic heterocycles. The maximum atomic E-state index is 5.51. The Morgan fingerprint density at radius 3 is 3.00 bits per heavy atom. The number of hydrogen-bond acceptors (Lipinski definition) is 4. The Hall–Kier alpha value is -1.39. The van der Waals surface area contributed by atoms with Crippen LogP contribution in [0.25, 0.3) is 10.6 Å². The van der Waals surface area contributed by atoms with Gasteiger partial charge in [0.15, 0.2) is 0 Å². The fraction of sp³-hybridized carbons (Fsp3) is 0.357. The molecule has 2 rings (SSSR count). The maximum Gasteiger partial charge on any atom is 0.123 e. The molecule has 1 aromatic carbocycles. The smallest absolute Gasteiger partial charge is 0.123 e. The van der Waals surface area contributed by atoms with Crippen LogP contribution in [-0.2, 0) is 0 Å². The van der Waals surface area contributed by atoms with E-state index in [1.54, 1.807) is 11.3 Å². The second-order valence-corrected chi connectivity index (χ2v) is 4.91. The van der Waals surface area contributed by atoms with Crippen LogP contribution in [0.15, 0.2) is 29.6 Å². The van der Waals surface area contributed by atoms with Gasteiger partial charge in [-0.15, -0.1) is 11.3 Å². The standard InChI is InChI=1S/C14H18N2OS/c1-4-17-12-7-5-6-11(8-12)14-16-13(9-18-14)10(2)15-3/h5-10,15H,4H2,1-3H3. The monoisotopic (exact) mass is 262 g/mol. The third-order valence-corrected chi connectivity index (χ3v) is 3.70. The van der Waals surface area contributed by atoms with Gasteiger partial charge in [0.2, 0.25) is 0 Å². The molecule has 0 saturated carbocycles. The molecular weight excluding hydrogens is 244 g/mol. The zero-order valence-electron chi connectivity index (χ0n) is 10.9. The van der Waals surface area contributed by atoms with E-state index in [1.807, 2.05) is 32.2 Å². The first-order valence-electron chi connectivity index (χ1n) is 6.10. The number of rotatable bonds is 5. The van der Waals surface area contributed by atoms with E-state index in [0.29, 0.717) is 6.61 Å². The Balaban J connectivity index is 2.25. The van der Waals surface area contributed by atoms with E-state index < -0.39 is 0 Å². The highest BCUT2D eigenvalue weighted by Crippen LogP contribution is 2.28. The van der Waals surface area contributed by atoms with E-state index in [9.17, 15) is 0 Å². The summed E-state index contributed by atoms with van der Waals surface area (Å²) >= 11 is 1.67. The lowest BCUT2D eigenvalue weighted by atomic mass is 10.2. The summed E-state index contributed by atoms with van der Waals surface area (Å²) in [5.41, 5.74) is 2.19. The van der Waals surface area contributed by atoms with Crippen LogP contribution in [-0.4, -0.2) is 18.6 Å². The molecule has 1 unspecified atom stereocenters. The van der Waals surface area contributed by atoms with Crippen molar-refractivity contribution in [3.8, 4) is 16.3 Å². The quantitative estimate of drug-likeness (QED) is 0.895. The number of thiazole rings is 1. The fourth-order valence-electron chi connectivity index (χ4n) is 1.65. The van der Waals surface area contributed by atoms with Gasteiger partial charge in [-0.25, -0.2) is 4.98 Å². The van der Waals surface area contributed by atoms with Crippen LogP contribution in [0.1, 0.15) is 25.6 Å². The molecule has 0 aliphatic heterocycles. The summed E-state index contributed by atoms with van der Waals surface area (Å²) in [7, 11) is 1.94. The summed E-state index contributed by atoms with van der Waals surface area (Å²) < 4.78 is 5.51. The van der Waals surface area contributed by atoms with Gasteiger partial charge in [-0.05, 0) is 33.0 Å². The van der Waals surface area contributed by atoms with E-state index in [0.717, 1.165) is 22.0 Å². The number of hydrogen-bond donors (Lipinski definition) is 1. The first-order valence-corrected chi connectivity index (χ1v) is 6.98. The van der Waals surface area contributed by atoms with Crippen LogP contribution in [0.4, 0.5) is 0 Å². The van der Waals surface area contributed by atoms with Crippen molar-refractivity contribution in [2.24, 2.45) is 0 Å². The van der Waals surface area contributed by atoms with Gasteiger partial charge in [0.1, 0.15) is 10.8 Å². The molecule has 1 N–H and O–H groups in total. The Morgan fingerprint density at radius 1 is 1.44 bits per heavy atom. The molecule has 3 nitrogen and oxygen atoms in total. The van der Waals surface area contributed by atoms with Crippen molar-refractivity contribution in [1.82, 2.24) is 10.3 Å². The first-order chi connectivity index (χ1) is 8.74. The highest BCUT2D eigenvalue weighted by atomic mass is 32.1. The predicted molar refractivity (Wildman–Crippen MR) is 76.2 cm³/mol. The van der Waals surface area contributed by atoms with Crippen molar-refractivity contribution in [1.29, 1.82) is 0 Å². The van der Waals surface area contributed by atoms with Gasteiger partial charge >= 0.3 is 0 Å². The van der Waals surface area contributed by atoms with E-state index in [-0.39, 0.29) is 6.04 Å². The van der Waals surface area contributed by atoms with Crippen LogP contribution >= 0.6 is 11.3 Å². The molecule has 0 amide bonds. The first kappa shape index (κ1) is 13.1. The molecule has 1 atom stereocenters. The highest BCUT2D eigenvalue weighted by Gasteiger charge is 2.09. The average Bonchev–Trinajstić information content (AvgIpc) is 2.88. The molecular formula is C14H18N2OS. The number of nitrogens with zero attached hydrogens (tertiary/aromatic N) is 1. The summed E-state index contributed by atoms with van der Waals surface area (Å²) in [6, 6.07) is 8.36. The Morgan fingerprint density at radius 2 is 2.28 bits per heavy atom. The van der Waals surface area contributed by atoms with E-state index in [2.05, 4.69) is 28.7 Å². The second-order valence-electron chi connectivity index (χ2n) is 4.05. The topological polar surface area (TPSA) is 34.1 Å². The molecule has 18 heavy (non-hydrogen) atoms. The van der Waals surface area contributed by atoms with Crippen molar-refractivity contribution in [3.63, 3.8) is 0 Å². The number of ether oxygens (including phenoxy) is 1. The van der Waals surface area contributed by atoms with Crippen molar-refractivity contribution < 1.29 is 4.74 Å². The summed E-state index contributed by atoms with van der Waals surface area (Å²) in [4.78, 5) is 4.65. The van der Waals surface area contributed by atoms with Gasteiger partial charge in [0, 0.05) is 17.0 Å². The summed E-state index contributed by atoms with van der Waals surface area (Å²) in [5, 5.41) is 6.33. The molecule has 4 heteroatoms. The molecule has 0 fully saturated rings. The number of aromatic nitrogens is 1. The van der Waals surface area contributed by atoms with Crippen LogP contribution in [0.3, 0.4) is 0 Å². The third-order valence-electron chi connectivity index (χ3n) is 2.79. The molecule has 0 aliphatic rings. The molecule has 0 spiro atoms. The fourth-order valence-corrected chi connectivity index (χ4v) is 2.56. The Labute approximate surface area is 112 Å². The van der Waals surface area contributed by atoms with Crippen molar-refractivity contribution >= 4 is 11.3 Å². The largest absolute Gasteiger partial charge is 0.494 e. The maximum absolute atomic E-state index is 5.51. The van der Waals surface area contributed by atoms with Gasteiger partial charge < -0.3 is 10.1 Å². The van der Waals surface area contributed by atoms with Crippen molar-refractivity contribution in [3.05, 3.63) is 35.3 Å². The minimum absolute atomic E-state index is 0.282. The van der Waals surface area contributed by atoms with Crippen molar-refractivity contribution in [2.75, 3.05) is 13.7 Å². The Bertz CT molecular complexity index is 510. The Kier molecular flexibility index (Phi) is 4.33. The lowest BCUT2D eigenvalue weighted by Crippen LogP contribution is -2.12. The summed E-state index contributed by atoms with van der Waals surface area (Å²) in [6.07, 6.45) is 0. The molecule has 0 saturated heterocycles. The average molecular weight is 262 g/mol. The zero-order chi connectivity index (χ0) is 13.0. The summed E-state index contributed by atoms with van der Waals surface area (Å²) in [5.74, 6) is 0.897. The van der Waals surface area contributed by atoms with Crippen LogP contribution < -0.4 is 10.1 Å². The van der Waals surface area contributed by atoms with Crippen LogP contribution in [0, 0.1) is 0 Å². The van der Waals surface area contributed by atoms with Gasteiger partial charge in [-0.2, -0.15) is 0 Å². The van der Waals surface area contributed by atoms with E-state index in [1.165, 1.54) is 0 Å². The third kappa shape index (κ3) is 2.89. The summed E-state index contributed by atoms with van der Waals surface area (Å²) in [6.45, 7) is 4.78. The molecule has 96 valence electrons. The van der Waals surface area contributed by atoms with Crippen LogP contribution in [0.2, 0.25) is 0 Å². The van der Waals surface area contributed by atoms with E-state index in [4.69, 9.17) is 4.74 Å². The van der Waals surface area contributed by atoms with Crippen molar-refractivity contribution in [2.45, 2.75) is 19.9 Å². The molecule has 0 bridgehead atoms. The zero-order valence-corrected chi connectivity index (χ0v) is 11.8. The number of benzene rings is 1. The van der Waals surface area contributed by atoms with Gasteiger partial charge in [0.25, 0.3) is 0 Å². The van der Waals surface area contributed by atoms with Gasteiger partial charge in [-0.3, -0.25) is 0 Å². The SMILES string of the molecule is CCOc1cccc(-c2nc(C(C)NC)cs2)c1.